The third kappa shape index (κ3) is 5.52. The molecule has 0 fully saturated rings. The molecule has 32 heavy (non-hydrogen) atoms. The van der Waals surface area contributed by atoms with Gasteiger partial charge in [0.05, 0.1) is 38.3 Å². The van der Waals surface area contributed by atoms with Crippen LogP contribution in [0.4, 0.5) is 11.4 Å². The van der Waals surface area contributed by atoms with E-state index in [9.17, 15) is 13.2 Å². The van der Waals surface area contributed by atoms with Crippen LogP contribution in [0.25, 0.3) is 0 Å². The van der Waals surface area contributed by atoms with Crippen molar-refractivity contribution in [1.82, 2.24) is 0 Å². The van der Waals surface area contributed by atoms with Crippen LogP contribution in [0, 0.1) is 0 Å². The van der Waals surface area contributed by atoms with Crippen molar-refractivity contribution in [2.45, 2.75) is 6.54 Å². The highest BCUT2D eigenvalue weighted by molar-refractivity contribution is 7.92. The van der Waals surface area contributed by atoms with Crippen molar-refractivity contribution in [3.63, 3.8) is 0 Å². The molecule has 0 saturated heterocycles. The van der Waals surface area contributed by atoms with Gasteiger partial charge in [0.2, 0.25) is 10.0 Å². The summed E-state index contributed by atoms with van der Waals surface area (Å²) in [7, 11) is -0.873. The van der Waals surface area contributed by atoms with Gasteiger partial charge in [-0.25, -0.2) is 8.42 Å². The molecule has 3 rings (SSSR count). The summed E-state index contributed by atoms with van der Waals surface area (Å²) in [5.74, 6) is 0.0860. The molecule has 9 heteroatoms. The lowest BCUT2D eigenvalue weighted by molar-refractivity contribution is 0.102. The molecule has 0 aliphatic rings. The Morgan fingerprint density at radius 3 is 2.12 bits per heavy atom. The maximum Gasteiger partial charge on any atom is 0.257 e. The number of benzene rings is 3. The molecule has 0 spiro atoms. The van der Waals surface area contributed by atoms with E-state index in [0.29, 0.717) is 22.2 Å². The van der Waals surface area contributed by atoms with Crippen LogP contribution >= 0.6 is 11.6 Å². The van der Waals surface area contributed by atoms with Gasteiger partial charge in [0.1, 0.15) is 0 Å². The van der Waals surface area contributed by atoms with E-state index in [4.69, 9.17) is 21.1 Å². The average molecular weight is 475 g/mol. The van der Waals surface area contributed by atoms with Crippen molar-refractivity contribution in [3.05, 3.63) is 82.9 Å². The first-order chi connectivity index (χ1) is 15.2. The third-order valence-electron chi connectivity index (χ3n) is 4.69. The molecule has 1 N–H and O–H groups in total. The topological polar surface area (TPSA) is 84.9 Å². The van der Waals surface area contributed by atoms with Crippen LogP contribution in [0.5, 0.6) is 11.5 Å². The SMILES string of the molecule is COc1cc(C(=O)Nc2ccc(Cl)cc2)c(N(Cc2ccccc2)S(C)(=O)=O)cc1OC. The van der Waals surface area contributed by atoms with Crippen LogP contribution in [-0.2, 0) is 16.6 Å². The molecular weight excluding hydrogens is 452 g/mol. The molecule has 0 atom stereocenters. The minimum absolute atomic E-state index is 0.0381. The number of carbonyl (C=O) groups is 1. The zero-order valence-corrected chi connectivity index (χ0v) is 19.4. The number of ether oxygens (including phenoxy) is 2. The molecule has 0 aliphatic carbocycles. The molecule has 0 heterocycles. The van der Waals surface area contributed by atoms with E-state index < -0.39 is 15.9 Å². The van der Waals surface area contributed by atoms with Crippen LogP contribution < -0.4 is 19.1 Å². The molecule has 0 aromatic heterocycles. The van der Waals surface area contributed by atoms with Gasteiger partial charge >= 0.3 is 0 Å². The van der Waals surface area contributed by atoms with E-state index in [0.717, 1.165) is 11.8 Å². The highest BCUT2D eigenvalue weighted by Gasteiger charge is 2.26. The number of hydrogen-bond acceptors (Lipinski definition) is 5. The van der Waals surface area contributed by atoms with Crippen molar-refractivity contribution in [2.75, 3.05) is 30.1 Å². The second kappa shape index (κ2) is 9.93. The number of nitrogens with zero attached hydrogens (tertiary/aromatic N) is 1. The monoisotopic (exact) mass is 474 g/mol. The minimum atomic E-state index is -3.76. The summed E-state index contributed by atoms with van der Waals surface area (Å²) in [6.07, 6.45) is 1.09. The number of halogens is 1. The Balaban J connectivity index is 2.12. The summed E-state index contributed by atoms with van der Waals surface area (Å²) >= 11 is 5.92. The van der Waals surface area contributed by atoms with Gasteiger partial charge in [-0.1, -0.05) is 41.9 Å². The second-order valence-electron chi connectivity index (χ2n) is 6.94. The highest BCUT2D eigenvalue weighted by atomic mass is 35.5. The summed E-state index contributed by atoms with van der Waals surface area (Å²) in [4.78, 5) is 13.2. The zero-order chi connectivity index (χ0) is 23.3. The molecule has 3 aromatic rings. The standard InChI is InChI=1S/C23H23ClN2O5S/c1-30-21-13-19(23(27)25-18-11-9-17(24)10-12-18)20(14-22(21)31-2)26(32(3,28)29)15-16-7-5-4-6-8-16/h4-14H,15H2,1-3H3,(H,25,27). The summed E-state index contributed by atoms with van der Waals surface area (Å²) < 4.78 is 37.4. The van der Waals surface area contributed by atoms with Crippen molar-refractivity contribution in [1.29, 1.82) is 0 Å². The van der Waals surface area contributed by atoms with Crippen LogP contribution in [0.15, 0.2) is 66.7 Å². The Morgan fingerprint density at radius 1 is 0.969 bits per heavy atom. The maximum absolute atomic E-state index is 13.2. The lowest BCUT2D eigenvalue weighted by Gasteiger charge is -2.26. The van der Waals surface area contributed by atoms with Crippen molar-refractivity contribution < 1.29 is 22.7 Å². The fraction of sp³-hybridized carbons (Fsp3) is 0.174. The van der Waals surface area contributed by atoms with Gasteiger partial charge in [-0.15, -0.1) is 0 Å². The predicted octanol–water partition coefficient (Wildman–Crippen LogP) is 4.58. The first kappa shape index (κ1) is 23.4. The number of sulfonamides is 1. The lowest BCUT2D eigenvalue weighted by atomic mass is 10.1. The van der Waals surface area contributed by atoms with Crippen LogP contribution in [0.3, 0.4) is 0 Å². The Labute approximate surface area is 192 Å². The largest absolute Gasteiger partial charge is 0.493 e. The van der Waals surface area contributed by atoms with E-state index in [2.05, 4.69) is 5.32 Å². The van der Waals surface area contributed by atoms with E-state index >= 15 is 0 Å². The highest BCUT2D eigenvalue weighted by Crippen LogP contribution is 2.37. The summed E-state index contributed by atoms with van der Waals surface area (Å²) in [6, 6.07) is 18.6. The van der Waals surface area contributed by atoms with Gasteiger partial charge in [-0.2, -0.15) is 0 Å². The number of carbonyl (C=O) groups excluding carboxylic acids is 1. The Kier molecular flexibility index (Phi) is 7.27. The van der Waals surface area contributed by atoms with Crippen LogP contribution in [0.2, 0.25) is 5.02 Å². The number of amides is 1. The van der Waals surface area contributed by atoms with Crippen molar-refractivity contribution in [2.24, 2.45) is 0 Å². The van der Waals surface area contributed by atoms with Gasteiger partial charge in [0, 0.05) is 16.8 Å². The zero-order valence-electron chi connectivity index (χ0n) is 17.8. The van der Waals surface area contributed by atoms with Gasteiger partial charge in [0.15, 0.2) is 11.5 Å². The van der Waals surface area contributed by atoms with E-state index in [1.54, 1.807) is 24.3 Å². The Morgan fingerprint density at radius 2 is 1.56 bits per heavy atom. The lowest BCUT2D eigenvalue weighted by Crippen LogP contribution is -2.31. The number of methoxy groups -OCH3 is 2. The summed E-state index contributed by atoms with van der Waals surface area (Å²) in [6.45, 7) is 0.0381. The smallest absolute Gasteiger partial charge is 0.257 e. The van der Waals surface area contributed by atoms with Crippen LogP contribution in [0.1, 0.15) is 15.9 Å². The quantitative estimate of drug-likeness (QED) is 0.516. The molecule has 7 nitrogen and oxygen atoms in total. The molecule has 1 amide bonds. The van der Waals surface area contributed by atoms with Gasteiger partial charge in [0.25, 0.3) is 5.91 Å². The number of anilines is 2. The van der Waals surface area contributed by atoms with Gasteiger partial charge < -0.3 is 14.8 Å². The van der Waals surface area contributed by atoms with Crippen molar-refractivity contribution >= 4 is 38.9 Å². The normalized spacial score (nSPS) is 11.0. The molecule has 168 valence electrons. The van der Waals surface area contributed by atoms with Crippen molar-refractivity contribution in [3.8, 4) is 11.5 Å². The molecule has 3 aromatic carbocycles. The molecule has 0 aliphatic heterocycles. The fourth-order valence-electron chi connectivity index (χ4n) is 3.12. The van der Waals surface area contributed by atoms with E-state index in [1.807, 2.05) is 30.3 Å². The fourth-order valence-corrected chi connectivity index (χ4v) is 4.14. The predicted molar refractivity (Wildman–Crippen MR) is 126 cm³/mol. The van der Waals surface area contributed by atoms with Crippen LogP contribution in [-0.4, -0.2) is 34.8 Å². The third-order valence-corrected chi connectivity index (χ3v) is 6.07. The van der Waals surface area contributed by atoms with Gasteiger partial charge in [-0.3, -0.25) is 9.10 Å². The minimum Gasteiger partial charge on any atom is -0.493 e. The second-order valence-corrected chi connectivity index (χ2v) is 9.28. The van der Waals surface area contributed by atoms with E-state index in [1.165, 1.54) is 30.7 Å². The van der Waals surface area contributed by atoms with Gasteiger partial charge in [-0.05, 0) is 35.9 Å². The van der Waals surface area contributed by atoms with E-state index in [-0.39, 0.29) is 17.8 Å². The molecule has 0 saturated carbocycles. The molecule has 0 bridgehead atoms. The summed E-state index contributed by atoms with van der Waals surface area (Å²) in [5.41, 5.74) is 1.55. The summed E-state index contributed by atoms with van der Waals surface area (Å²) in [5, 5.41) is 3.30. The number of rotatable bonds is 8. The first-order valence-electron chi connectivity index (χ1n) is 9.57. The maximum atomic E-state index is 13.2. The first-order valence-corrected chi connectivity index (χ1v) is 11.8. The number of nitrogens with one attached hydrogen (secondary N) is 1. The molecule has 0 radical (unpaired) electrons. The number of hydrogen-bond donors (Lipinski definition) is 1. The Hall–Kier alpha value is -3.23. The average Bonchev–Trinajstić information content (AvgIpc) is 2.78. The molecular formula is C23H23ClN2O5S. The molecule has 0 unspecified atom stereocenters. The Bertz CT molecular complexity index is 1200.